The van der Waals surface area contributed by atoms with Crippen LogP contribution in [0.2, 0.25) is 0 Å². The van der Waals surface area contributed by atoms with E-state index in [4.69, 9.17) is 14.9 Å². The monoisotopic (exact) mass is 244 g/mol. The van der Waals surface area contributed by atoms with Gasteiger partial charge < -0.3 is 14.9 Å². The van der Waals surface area contributed by atoms with Gasteiger partial charge in [0.1, 0.15) is 12.5 Å². The zero-order chi connectivity index (χ0) is 12.8. The summed E-state index contributed by atoms with van der Waals surface area (Å²) < 4.78 is 5.10. The maximum absolute atomic E-state index is 11.5. The first-order valence-electron chi connectivity index (χ1n) is 5.55. The maximum Gasteiger partial charge on any atom is 0.314 e. The molecule has 1 unspecified atom stereocenters. The molecule has 1 aliphatic carbocycles. The summed E-state index contributed by atoms with van der Waals surface area (Å²) in [5.74, 6) is -3.72. The highest BCUT2D eigenvalue weighted by molar-refractivity contribution is 5.99. The van der Waals surface area contributed by atoms with E-state index in [0.717, 1.165) is 12.8 Å². The number of carbonyl (C=O) groups is 3. The highest BCUT2D eigenvalue weighted by Gasteiger charge is 2.28. The third kappa shape index (κ3) is 5.44. The number of rotatable bonds is 9. The van der Waals surface area contributed by atoms with Crippen LogP contribution in [0, 0.1) is 11.8 Å². The van der Waals surface area contributed by atoms with Gasteiger partial charge in [-0.25, -0.2) is 0 Å². The lowest BCUT2D eigenvalue weighted by atomic mass is 9.99. The van der Waals surface area contributed by atoms with Crippen LogP contribution in [0.15, 0.2) is 0 Å². The zero-order valence-corrected chi connectivity index (χ0v) is 9.42. The van der Waals surface area contributed by atoms with Gasteiger partial charge in [-0.15, -0.1) is 0 Å². The first-order valence-corrected chi connectivity index (χ1v) is 5.55. The van der Waals surface area contributed by atoms with Crippen molar-refractivity contribution in [1.82, 2.24) is 0 Å². The number of carbonyl (C=O) groups excluding carboxylic acids is 1. The van der Waals surface area contributed by atoms with Gasteiger partial charge in [-0.2, -0.15) is 0 Å². The van der Waals surface area contributed by atoms with Crippen molar-refractivity contribution in [3.63, 3.8) is 0 Å². The topological polar surface area (TPSA) is 101 Å². The number of Topliss-reactive ketones (excluding diaryl/α,β-unsaturated/α-hetero) is 1. The molecule has 0 aromatic rings. The first kappa shape index (κ1) is 13.6. The van der Waals surface area contributed by atoms with E-state index in [0.29, 0.717) is 12.5 Å². The molecule has 0 aliphatic heterocycles. The maximum atomic E-state index is 11.5. The largest absolute Gasteiger partial charge is 0.481 e. The van der Waals surface area contributed by atoms with Crippen molar-refractivity contribution in [3.8, 4) is 0 Å². The van der Waals surface area contributed by atoms with Crippen LogP contribution in [0.4, 0.5) is 0 Å². The van der Waals surface area contributed by atoms with Crippen LogP contribution in [-0.2, 0) is 19.1 Å². The summed E-state index contributed by atoms with van der Waals surface area (Å²) in [5, 5.41) is 17.3. The normalized spacial score (nSPS) is 16.5. The fourth-order valence-corrected chi connectivity index (χ4v) is 1.40. The van der Waals surface area contributed by atoms with Crippen LogP contribution in [0.3, 0.4) is 0 Å². The quantitative estimate of drug-likeness (QED) is 0.574. The van der Waals surface area contributed by atoms with Crippen molar-refractivity contribution in [2.75, 3.05) is 13.2 Å². The number of ketones is 1. The van der Waals surface area contributed by atoms with Crippen molar-refractivity contribution < 1.29 is 29.3 Å². The van der Waals surface area contributed by atoms with E-state index in [-0.39, 0.29) is 19.4 Å². The van der Waals surface area contributed by atoms with Crippen LogP contribution in [-0.4, -0.2) is 41.1 Å². The average molecular weight is 244 g/mol. The SMILES string of the molecule is O=C(O)CCC(C(=O)O)C(=O)COCC1CC1. The molecule has 1 rings (SSSR count). The van der Waals surface area contributed by atoms with E-state index in [1.807, 2.05) is 0 Å². The molecule has 1 fully saturated rings. The molecule has 1 aliphatic rings. The molecule has 1 saturated carbocycles. The minimum atomic E-state index is -1.29. The minimum absolute atomic E-state index is 0.184. The Balaban J connectivity index is 2.30. The molecule has 2 N–H and O–H groups in total. The second-order valence-electron chi connectivity index (χ2n) is 4.25. The molecule has 0 heterocycles. The standard InChI is InChI=1S/C11H16O6/c12-9(6-17-5-7-1-2-7)8(11(15)16)3-4-10(13)14/h7-8H,1-6H2,(H,13,14)(H,15,16). The summed E-state index contributed by atoms with van der Waals surface area (Å²) in [4.78, 5) is 32.6. The van der Waals surface area contributed by atoms with E-state index in [2.05, 4.69) is 0 Å². The first-order chi connectivity index (χ1) is 8.00. The lowest BCUT2D eigenvalue weighted by molar-refractivity contribution is -0.148. The van der Waals surface area contributed by atoms with Gasteiger partial charge in [0.25, 0.3) is 0 Å². The Labute approximate surface area is 98.6 Å². The third-order valence-electron chi connectivity index (χ3n) is 2.63. The van der Waals surface area contributed by atoms with Gasteiger partial charge in [-0.3, -0.25) is 14.4 Å². The van der Waals surface area contributed by atoms with Crippen LogP contribution < -0.4 is 0 Å². The number of carboxylic acid groups (broad SMARTS) is 2. The number of hydrogen-bond acceptors (Lipinski definition) is 4. The molecule has 0 aromatic heterocycles. The Hall–Kier alpha value is -1.43. The molecule has 0 amide bonds. The molecule has 6 nitrogen and oxygen atoms in total. The van der Waals surface area contributed by atoms with E-state index in [9.17, 15) is 14.4 Å². The number of hydrogen-bond donors (Lipinski definition) is 2. The Morgan fingerprint density at radius 3 is 2.35 bits per heavy atom. The second-order valence-corrected chi connectivity index (χ2v) is 4.25. The van der Waals surface area contributed by atoms with Gasteiger partial charge >= 0.3 is 11.9 Å². The Bertz CT molecular complexity index is 307. The molecule has 1 atom stereocenters. The average Bonchev–Trinajstić information content (AvgIpc) is 3.00. The summed E-state index contributed by atoms with van der Waals surface area (Å²) in [7, 11) is 0. The summed E-state index contributed by atoms with van der Waals surface area (Å²) in [5.41, 5.74) is 0. The van der Waals surface area contributed by atoms with Gasteiger partial charge in [-0.1, -0.05) is 0 Å². The molecule has 0 saturated heterocycles. The summed E-state index contributed by atoms with van der Waals surface area (Å²) in [6.07, 6.45) is 1.67. The van der Waals surface area contributed by atoms with Crippen molar-refractivity contribution in [2.45, 2.75) is 25.7 Å². The second kappa shape index (κ2) is 6.34. The van der Waals surface area contributed by atoms with Gasteiger partial charge in [-0.05, 0) is 25.2 Å². The summed E-state index contributed by atoms with van der Waals surface area (Å²) >= 11 is 0. The van der Waals surface area contributed by atoms with Gasteiger partial charge in [0.15, 0.2) is 5.78 Å². The minimum Gasteiger partial charge on any atom is -0.481 e. The Kier molecular flexibility index (Phi) is 5.09. The molecule has 0 bridgehead atoms. The molecule has 96 valence electrons. The Morgan fingerprint density at radius 1 is 1.24 bits per heavy atom. The number of carboxylic acids is 2. The lowest BCUT2D eigenvalue weighted by Crippen LogP contribution is -2.28. The molecule has 0 spiro atoms. The molecule has 17 heavy (non-hydrogen) atoms. The van der Waals surface area contributed by atoms with Crippen LogP contribution in [0.25, 0.3) is 0 Å². The van der Waals surface area contributed by atoms with Crippen LogP contribution in [0.5, 0.6) is 0 Å². The van der Waals surface area contributed by atoms with Gasteiger partial charge in [0.05, 0.1) is 0 Å². The summed E-state index contributed by atoms with van der Waals surface area (Å²) in [6, 6.07) is 0. The van der Waals surface area contributed by atoms with E-state index in [1.54, 1.807) is 0 Å². The van der Waals surface area contributed by atoms with Gasteiger partial charge in [0.2, 0.25) is 0 Å². The van der Waals surface area contributed by atoms with E-state index < -0.39 is 23.6 Å². The highest BCUT2D eigenvalue weighted by atomic mass is 16.5. The van der Waals surface area contributed by atoms with Crippen molar-refractivity contribution in [1.29, 1.82) is 0 Å². The van der Waals surface area contributed by atoms with Crippen molar-refractivity contribution >= 4 is 17.7 Å². The Morgan fingerprint density at radius 2 is 1.88 bits per heavy atom. The van der Waals surface area contributed by atoms with Crippen molar-refractivity contribution in [2.24, 2.45) is 11.8 Å². The van der Waals surface area contributed by atoms with E-state index >= 15 is 0 Å². The number of aliphatic carboxylic acids is 2. The predicted molar refractivity (Wildman–Crippen MR) is 56.5 cm³/mol. The summed E-state index contributed by atoms with van der Waals surface area (Å²) in [6.45, 7) is 0.240. The lowest BCUT2D eigenvalue weighted by Gasteiger charge is -2.10. The molecule has 0 aromatic carbocycles. The molecule has 0 radical (unpaired) electrons. The molecule has 6 heteroatoms. The van der Waals surface area contributed by atoms with E-state index in [1.165, 1.54) is 0 Å². The van der Waals surface area contributed by atoms with Crippen LogP contribution in [0.1, 0.15) is 25.7 Å². The molecular weight excluding hydrogens is 228 g/mol. The fourth-order valence-electron chi connectivity index (χ4n) is 1.40. The zero-order valence-electron chi connectivity index (χ0n) is 9.42. The highest BCUT2D eigenvalue weighted by Crippen LogP contribution is 2.28. The van der Waals surface area contributed by atoms with Crippen LogP contribution >= 0.6 is 0 Å². The third-order valence-corrected chi connectivity index (χ3v) is 2.63. The predicted octanol–water partition coefficient (Wildman–Crippen LogP) is 0.548. The smallest absolute Gasteiger partial charge is 0.314 e. The fraction of sp³-hybridized carbons (Fsp3) is 0.727. The van der Waals surface area contributed by atoms with Gasteiger partial charge in [0, 0.05) is 13.0 Å². The molecular formula is C11H16O6. The number of ether oxygens (including phenoxy) is 1. The van der Waals surface area contributed by atoms with Crippen molar-refractivity contribution in [3.05, 3.63) is 0 Å².